The lowest BCUT2D eigenvalue weighted by Gasteiger charge is -2.60. The lowest BCUT2D eigenvalue weighted by molar-refractivity contribution is 0.537. The van der Waals surface area contributed by atoms with E-state index in [-0.39, 0.29) is 0 Å². The fourth-order valence-corrected chi connectivity index (χ4v) is 23.0. The first kappa shape index (κ1) is 39.1. The molecule has 0 aliphatic heterocycles. The zero-order chi connectivity index (χ0) is 25.2. The first-order valence-corrected chi connectivity index (χ1v) is 21.5. The molecular weight excluding hydrogens is 1650 g/mol. The molecule has 0 aromatic carbocycles. The van der Waals surface area contributed by atoms with E-state index >= 15 is 0 Å². The number of hydrogen-bond acceptors (Lipinski definition) is 0. The van der Waals surface area contributed by atoms with Gasteiger partial charge in [-0.05, 0) is 6.42 Å². The molecule has 19 heteroatoms. The molecule has 0 spiro atoms. The molecule has 0 saturated heterocycles. The van der Waals surface area contributed by atoms with E-state index in [1.54, 1.807) is 0 Å². The van der Waals surface area contributed by atoms with E-state index in [4.69, 9.17) is 0 Å². The molecule has 0 aromatic heterocycles. The van der Waals surface area contributed by atoms with Crippen LogP contribution >= 0.6 is 303 Å². The Kier molecular flexibility index (Phi) is 16.7. The topological polar surface area (TPSA) is 0 Å². The molecule has 0 saturated carbocycles. The summed E-state index contributed by atoms with van der Waals surface area (Å²) in [7, 11) is 0. The van der Waals surface area contributed by atoms with Crippen LogP contribution in [0.15, 0.2) is 0 Å². The van der Waals surface area contributed by atoms with Gasteiger partial charge in [0.05, 0.1) is 0 Å². The highest BCUT2D eigenvalue weighted by molar-refractivity contribution is 9.42. The zero-order valence-electron chi connectivity index (χ0n) is 13.3. The summed E-state index contributed by atoms with van der Waals surface area (Å²) in [5.74, 6) is 0. The Hall–Kier alpha value is 9.12. The molecule has 0 atom stereocenters. The minimum absolute atomic E-state index is 0.691. The lowest BCUT2D eigenvalue weighted by atomic mass is 10.0. The van der Waals surface area contributed by atoms with Crippen LogP contribution in [0.1, 0.15) is 6.92 Å². The van der Waals surface area contributed by atoms with Crippen LogP contribution in [0.3, 0.4) is 0 Å². The molecule has 0 amide bonds. The maximum Gasteiger partial charge on any atom is 0.155 e. The third kappa shape index (κ3) is 6.84. The van der Waals surface area contributed by atoms with Gasteiger partial charge >= 0.3 is 0 Å². The molecule has 0 bridgehead atoms. The van der Waals surface area contributed by atoms with E-state index in [1.165, 1.54) is 0 Å². The van der Waals surface area contributed by atoms with Crippen LogP contribution in [0.2, 0.25) is 0 Å². The third-order valence-corrected chi connectivity index (χ3v) is 37.9. The standard InChI is InChI=1S/C11H4Br19/c1-2-3(12,13)5(15,16)7(19,20)9(23,24)8(21,22)6(17,18)4(14,10(25,26)27)11(28,29)30/h2H,1H3. The largest absolute Gasteiger partial charge is 0.155 e. The molecule has 0 N–H and O–H groups in total. The molecule has 30 heavy (non-hydrogen) atoms. The van der Waals surface area contributed by atoms with Crippen molar-refractivity contribution < 1.29 is 0 Å². The molecule has 0 aromatic rings. The lowest BCUT2D eigenvalue weighted by Crippen LogP contribution is -2.71. The summed E-state index contributed by atoms with van der Waals surface area (Å²) in [5, 5.41) is 0. The van der Waals surface area contributed by atoms with Crippen molar-refractivity contribution in [2.75, 3.05) is 0 Å². The van der Waals surface area contributed by atoms with Gasteiger partial charge in [-0.2, -0.15) is 0 Å². The highest BCUT2D eigenvalue weighted by Crippen LogP contribution is 2.79. The third-order valence-electron chi connectivity index (χ3n) is 3.57. The summed E-state index contributed by atoms with van der Waals surface area (Å²) < 4.78 is -8.35. The van der Waals surface area contributed by atoms with Crippen LogP contribution < -0.4 is 0 Å². The second kappa shape index (κ2) is 12.8. The van der Waals surface area contributed by atoms with E-state index in [9.17, 15) is 0 Å². The highest BCUT2D eigenvalue weighted by atomic mass is 80.0. The van der Waals surface area contributed by atoms with Crippen LogP contribution in [-0.2, 0) is 0 Å². The Bertz CT molecular complexity index is 605. The second-order valence-electron chi connectivity index (χ2n) is 5.44. The van der Waals surface area contributed by atoms with Crippen molar-refractivity contribution in [2.24, 2.45) is 0 Å². The Morgan fingerprint density at radius 2 is 0.600 bits per heavy atom. The van der Waals surface area contributed by atoms with Crippen LogP contribution in [0.4, 0.5) is 0 Å². The van der Waals surface area contributed by atoms with Crippen molar-refractivity contribution in [1.29, 1.82) is 0 Å². The molecule has 0 rings (SSSR count). The van der Waals surface area contributed by atoms with Crippen LogP contribution in [0.5, 0.6) is 0 Å². The van der Waals surface area contributed by atoms with Crippen molar-refractivity contribution in [3.63, 3.8) is 0 Å². The second-order valence-corrected chi connectivity index (χ2v) is 40.9. The van der Waals surface area contributed by atoms with Gasteiger partial charge in [0, 0.05) is 0 Å². The van der Waals surface area contributed by atoms with Crippen LogP contribution in [-0.4, -0.2) is 28.0 Å². The number of halogens is 19. The van der Waals surface area contributed by atoms with Gasteiger partial charge in [-0.25, -0.2) is 0 Å². The molecule has 181 valence electrons. The Balaban J connectivity index is 7.06. The maximum absolute atomic E-state index is 3.89. The van der Waals surface area contributed by atoms with Gasteiger partial charge in [0.15, 0.2) is 4.29 Å². The summed E-state index contributed by atoms with van der Waals surface area (Å²) >= 11 is 72.0. The zero-order valence-corrected chi connectivity index (χ0v) is 43.4. The first-order valence-electron chi connectivity index (χ1n) is 6.46. The summed E-state index contributed by atoms with van der Waals surface area (Å²) in [4.78, 5) is 0. The molecule has 0 fully saturated rings. The Morgan fingerprint density at radius 3 is 0.833 bits per heavy atom. The van der Waals surface area contributed by atoms with Gasteiger partial charge in [0.2, 0.25) is 0 Å². The smallest absolute Gasteiger partial charge is 0.0758 e. The highest BCUT2D eigenvalue weighted by Gasteiger charge is 2.80. The fourth-order valence-electron chi connectivity index (χ4n) is 1.72. The summed E-state index contributed by atoms with van der Waals surface area (Å²) in [5.41, 5.74) is 0. The fraction of sp³-hybridized carbons (Fsp3) is 0.909. The van der Waals surface area contributed by atoms with Gasteiger partial charge in [0.1, 0.15) is 23.7 Å². The van der Waals surface area contributed by atoms with E-state index in [1.807, 2.05) is 13.3 Å². The number of alkyl halides is 19. The van der Waals surface area contributed by atoms with Crippen molar-refractivity contribution in [1.82, 2.24) is 0 Å². The van der Waals surface area contributed by atoms with Crippen LogP contribution in [0, 0.1) is 6.42 Å². The van der Waals surface area contributed by atoms with E-state index in [0.29, 0.717) is 0 Å². The molecule has 0 heterocycles. The van der Waals surface area contributed by atoms with Gasteiger partial charge < -0.3 is 0 Å². The predicted molar refractivity (Wildman–Crippen MR) is 204 cm³/mol. The quantitative estimate of drug-likeness (QED) is 0.223. The summed E-state index contributed by atoms with van der Waals surface area (Å²) in [6, 6.07) is 0. The van der Waals surface area contributed by atoms with Crippen molar-refractivity contribution >= 4 is 303 Å². The molecule has 0 nitrogen and oxygen atoms in total. The molecular formula is C11H4Br19. The Morgan fingerprint density at radius 1 is 0.367 bits per heavy atom. The molecule has 1 radical (unpaired) electrons. The Labute approximate surface area is 336 Å². The van der Waals surface area contributed by atoms with E-state index < -0.39 is 28.0 Å². The SMILES string of the molecule is C[CH]C(Br)(Br)C(Br)(Br)C(Br)(Br)C(Br)(Br)C(Br)(Br)C(Br)(Br)C(Br)(C(Br)(Br)Br)C(Br)(Br)Br. The normalized spacial score (nSPS) is 16.8. The summed E-state index contributed by atoms with van der Waals surface area (Å²) in [6.07, 6.45) is 1.94. The van der Waals surface area contributed by atoms with Crippen molar-refractivity contribution in [2.45, 2.75) is 34.9 Å². The molecule has 0 aliphatic rings. The number of rotatable bonds is 7. The van der Waals surface area contributed by atoms with Gasteiger partial charge in [0.25, 0.3) is 0 Å². The maximum atomic E-state index is 3.89. The molecule has 0 aliphatic carbocycles. The monoisotopic (exact) mass is 1640 g/mol. The van der Waals surface area contributed by atoms with E-state index in [0.717, 1.165) is 0 Å². The minimum atomic E-state index is -1.05. The average molecular weight is 1650 g/mol. The number of hydrogen-bond donors (Lipinski definition) is 0. The average Bonchev–Trinajstić information content (AvgIpc) is 2.50. The van der Waals surface area contributed by atoms with Crippen LogP contribution in [0.25, 0.3) is 0 Å². The van der Waals surface area contributed by atoms with Gasteiger partial charge in [-0.3, -0.25) is 0 Å². The van der Waals surface area contributed by atoms with Gasteiger partial charge in [-0.15, -0.1) is 0 Å². The minimum Gasteiger partial charge on any atom is -0.0758 e. The van der Waals surface area contributed by atoms with Crippen molar-refractivity contribution in [3.05, 3.63) is 6.42 Å². The van der Waals surface area contributed by atoms with E-state index in [2.05, 4.69) is 303 Å². The molecule has 0 unspecified atom stereocenters. The predicted octanol–water partition coefficient (Wildman–Crippen LogP) is 14.9. The summed E-state index contributed by atoms with van der Waals surface area (Å²) in [6.45, 7) is 1.92. The van der Waals surface area contributed by atoms with Crippen molar-refractivity contribution in [3.8, 4) is 0 Å². The first-order chi connectivity index (χ1) is 12.6. The van der Waals surface area contributed by atoms with Gasteiger partial charge in [-0.1, -0.05) is 310 Å².